The van der Waals surface area contributed by atoms with Crippen molar-refractivity contribution in [1.82, 2.24) is 4.57 Å². The average molecular weight is 320 g/mol. The summed E-state index contributed by atoms with van der Waals surface area (Å²) < 4.78 is 2.36. The molecule has 0 spiro atoms. The Morgan fingerprint density at radius 1 is 1.45 bits per heavy atom. The van der Waals surface area contributed by atoms with Gasteiger partial charge in [0.15, 0.2) is 0 Å². The predicted molar refractivity (Wildman–Crippen MR) is 89.8 cm³/mol. The Hall–Kier alpha value is -1.48. The maximum Gasteiger partial charge on any atom is 0.303 e. The highest BCUT2D eigenvalue weighted by Gasteiger charge is 2.36. The monoisotopic (exact) mass is 319 g/mol. The summed E-state index contributed by atoms with van der Waals surface area (Å²) in [7, 11) is 0. The number of benzene rings is 1. The van der Waals surface area contributed by atoms with Crippen LogP contribution in [0.1, 0.15) is 50.8 Å². The first kappa shape index (κ1) is 15.4. The number of fused-ring (bicyclic) bond motifs is 3. The van der Waals surface area contributed by atoms with Gasteiger partial charge in [-0.05, 0) is 56.4 Å². The number of hydrogen-bond donors (Lipinski definition) is 1. The van der Waals surface area contributed by atoms with Crippen LogP contribution in [0.3, 0.4) is 0 Å². The van der Waals surface area contributed by atoms with Gasteiger partial charge >= 0.3 is 5.97 Å². The molecule has 1 N–H and O–H groups in total. The summed E-state index contributed by atoms with van der Waals surface area (Å²) in [6.45, 7) is 5.28. The zero-order valence-electron chi connectivity index (χ0n) is 13.2. The first-order valence-electron chi connectivity index (χ1n) is 7.99. The van der Waals surface area contributed by atoms with Gasteiger partial charge in [0.05, 0.1) is 0 Å². The highest BCUT2D eigenvalue weighted by molar-refractivity contribution is 6.31. The van der Waals surface area contributed by atoms with Crippen LogP contribution in [0.4, 0.5) is 0 Å². The number of nitrogens with zero attached hydrogens (tertiary/aromatic N) is 1. The normalized spacial score (nSPS) is 21.0. The zero-order chi connectivity index (χ0) is 15.9. The van der Waals surface area contributed by atoms with E-state index in [-0.39, 0.29) is 11.8 Å². The SMILES string of the molecule is CCn1c2c(c3cc(Cl)ccc31)CCCC2(C)CCC(=O)O. The highest BCUT2D eigenvalue weighted by Crippen LogP contribution is 2.45. The van der Waals surface area contributed by atoms with Crippen LogP contribution in [0, 0.1) is 0 Å². The van der Waals surface area contributed by atoms with Crippen molar-refractivity contribution in [2.24, 2.45) is 0 Å². The van der Waals surface area contributed by atoms with Gasteiger partial charge in [-0.3, -0.25) is 4.79 Å². The van der Waals surface area contributed by atoms with Crippen molar-refractivity contribution in [3.8, 4) is 0 Å². The topological polar surface area (TPSA) is 42.2 Å². The van der Waals surface area contributed by atoms with Crippen LogP contribution in [0.2, 0.25) is 5.02 Å². The van der Waals surface area contributed by atoms with Crippen LogP contribution in [0.25, 0.3) is 10.9 Å². The number of carboxylic acids is 1. The third-order valence-corrected chi connectivity index (χ3v) is 5.30. The third kappa shape index (κ3) is 2.41. The van der Waals surface area contributed by atoms with Gasteiger partial charge in [0.1, 0.15) is 0 Å². The minimum Gasteiger partial charge on any atom is -0.481 e. The minimum atomic E-state index is -0.712. The Labute approximate surface area is 135 Å². The molecule has 0 radical (unpaired) electrons. The van der Waals surface area contributed by atoms with Gasteiger partial charge in [-0.1, -0.05) is 18.5 Å². The van der Waals surface area contributed by atoms with Crippen LogP contribution in [0.5, 0.6) is 0 Å². The molecule has 118 valence electrons. The Morgan fingerprint density at radius 3 is 2.91 bits per heavy atom. The second-order valence-electron chi connectivity index (χ2n) is 6.54. The molecule has 0 saturated carbocycles. The molecule has 1 unspecified atom stereocenters. The van der Waals surface area contributed by atoms with E-state index in [1.54, 1.807) is 0 Å². The summed E-state index contributed by atoms with van der Waals surface area (Å²) in [6.07, 6.45) is 4.14. The molecule has 4 heteroatoms. The van der Waals surface area contributed by atoms with Gasteiger partial charge in [-0.25, -0.2) is 0 Å². The second kappa shape index (κ2) is 5.62. The molecule has 0 fully saturated rings. The third-order valence-electron chi connectivity index (χ3n) is 5.06. The fourth-order valence-corrected chi connectivity index (χ4v) is 4.24. The quantitative estimate of drug-likeness (QED) is 0.881. The van der Waals surface area contributed by atoms with E-state index in [0.29, 0.717) is 6.42 Å². The molecule has 2 aromatic rings. The van der Waals surface area contributed by atoms with E-state index in [1.165, 1.54) is 22.2 Å². The molecule has 0 aliphatic heterocycles. The number of aromatic nitrogens is 1. The number of carbonyl (C=O) groups is 1. The number of halogens is 1. The Bertz CT molecular complexity index is 734. The minimum absolute atomic E-state index is 0.0620. The number of hydrogen-bond acceptors (Lipinski definition) is 1. The molecule has 3 nitrogen and oxygen atoms in total. The van der Waals surface area contributed by atoms with E-state index in [1.807, 2.05) is 6.07 Å². The van der Waals surface area contributed by atoms with Crippen LogP contribution in [-0.4, -0.2) is 15.6 Å². The van der Waals surface area contributed by atoms with Crippen LogP contribution < -0.4 is 0 Å². The van der Waals surface area contributed by atoms with Crippen molar-refractivity contribution in [2.75, 3.05) is 0 Å². The highest BCUT2D eigenvalue weighted by atomic mass is 35.5. The molecule has 1 aromatic carbocycles. The smallest absolute Gasteiger partial charge is 0.303 e. The maximum atomic E-state index is 11.0. The van der Waals surface area contributed by atoms with E-state index in [9.17, 15) is 4.79 Å². The van der Waals surface area contributed by atoms with E-state index in [2.05, 4.69) is 30.5 Å². The molecule has 22 heavy (non-hydrogen) atoms. The van der Waals surface area contributed by atoms with E-state index in [0.717, 1.165) is 30.8 Å². The van der Waals surface area contributed by atoms with Crippen LogP contribution >= 0.6 is 11.6 Å². The fraction of sp³-hybridized carbons (Fsp3) is 0.500. The summed E-state index contributed by atoms with van der Waals surface area (Å²) in [5.41, 5.74) is 3.87. The van der Waals surface area contributed by atoms with E-state index >= 15 is 0 Å². The summed E-state index contributed by atoms with van der Waals surface area (Å²) in [5.74, 6) is -0.712. The molecular formula is C18H22ClNO2. The number of aryl methyl sites for hydroxylation is 2. The fourth-order valence-electron chi connectivity index (χ4n) is 4.07. The first-order chi connectivity index (χ1) is 10.5. The molecule has 3 rings (SSSR count). The van der Waals surface area contributed by atoms with Gasteiger partial charge in [-0.2, -0.15) is 0 Å². The van der Waals surface area contributed by atoms with Gasteiger partial charge in [0.2, 0.25) is 0 Å². The largest absolute Gasteiger partial charge is 0.481 e. The second-order valence-corrected chi connectivity index (χ2v) is 6.98. The van der Waals surface area contributed by atoms with Crippen LogP contribution in [-0.2, 0) is 23.2 Å². The standard InChI is InChI=1S/C18H22ClNO2/c1-3-20-15-7-6-12(19)11-14(15)13-5-4-9-18(2,17(13)20)10-8-16(21)22/h6-7,11H,3-5,8-10H2,1-2H3,(H,21,22). The summed E-state index contributed by atoms with van der Waals surface area (Å²) in [4.78, 5) is 11.0. The number of carboxylic acid groups (broad SMARTS) is 1. The lowest BCUT2D eigenvalue weighted by atomic mass is 9.71. The first-order valence-corrected chi connectivity index (χ1v) is 8.37. The summed E-state index contributed by atoms with van der Waals surface area (Å²) >= 11 is 6.20. The van der Waals surface area contributed by atoms with Crippen molar-refractivity contribution < 1.29 is 9.90 Å². The molecule has 0 bridgehead atoms. The van der Waals surface area contributed by atoms with Gasteiger partial charge in [-0.15, -0.1) is 0 Å². The molecular weight excluding hydrogens is 298 g/mol. The summed E-state index contributed by atoms with van der Waals surface area (Å²) in [5, 5.41) is 11.1. The Morgan fingerprint density at radius 2 is 2.23 bits per heavy atom. The van der Waals surface area contributed by atoms with E-state index < -0.39 is 5.97 Å². The van der Waals surface area contributed by atoms with Gasteiger partial charge in [0.25, 0.3) is 0 Å². The molecule has 1 aromatic heterocycles. The molecule has 1 heterocycles. The lowest BCUT2D eigenvalue weighted by Gasteiger charge is -2.35. The number of aliphatic carboxylic acids is 1. The van der Waals surface area contributed by atoms with Crippen molar-refractivity contribution in [1.29, 1.82) is 0 Å². The number of rotatable bonds is 4. The van der Waals surface area contributed by atoms with Crippen molar-refractivity contribution in [3.63, 3.8) is 0 Å². The molecule has 0 saturated heterocycles. The molecule has 0 amide bonds. The van der Waals surface area contributed by atoms with Crippen molar-refractivity contribution in [2.45, 2.75) is 57.9 Å². The lowest BCUT2D eigenvalue weighted by molar-refractivity contribution is -0.137. The maximum absolute atomic E-state index is 11.0. The molecule has 1 atom stereocenters. The van der Waals surface area contributed by atoms with E-state index in [4.69, 9.17) is 16.7 Å². The lowest BCUT2D eigenvalue weighted by Crippen LogP contribution is -2.31. The molecule has 1 aliphatic rings. The zero-order valence-corrected chi connectivity index (χ0v) is 13.9. The summed E-state index contributed by atoms with van der Waals surface area (Å²) in [6, 6.07) is 6.10. The molecule has 1 aliphatic carbocycles. The predicted octanol–water partition coefficient (Wildman–Crippen LogP) is 4.77. The van der Waals surface area contributed by atoms with Gasteiger partial charge < -0.3 is 9.67 Å². The average Bonchev–Trinajstić information content (AvgIpc) is 2.80. The Kier molecular flexibility index (Phi) is 3.94. The Balaban J connectivity index is 2.20. The van der Waals surface area contributed by atoms with Gasteiger partial charge in [0, 0.05) is 40.0 Å². The van der Waals surface area contributed by atoms with Crippen molar-refractivity contribution in [3.05, 3.63) is 34.5 Å². The van der Waals surface area contributed by atoms with Crippen molar-refractivity contribution >= 4 is 28.5 Å². The van der Waals surface area contributed by atoms with Crippen LogP contribution in [0.15, 0.2) is 18.2 Å².